The van der Waals surface area contributed by atoms with Crippen molar-refractivity contribution in [3.05, 3.63) is 36.3 Å². The number of nitrogens with zero attached hydrogens (tertiary/aromatic N) is 3. The van der Waals surface area contributed by atoms with Gasteiger partial charge in [-0.2, -0.15) is 0 Å². The van der Waals surface area contributed by atoms with Crippen LogP contribution in [-0.2, 0) is 4.74 Å². The number of nitrogens with one attached hydrogen (secondary N) is 1. The molecule has 2 aliphatic heterocycles. The SMILES string of the molecule is O=C(Nc1ccc2c(c1)OCCO2)c1cc(N2CCOCC2)ncn1. The first-order valence-electron chi connectivity index (χ1n) is 8.15. The Hall–Kier alpha value is -2.87. The minimum Gasteiger partial charge on any atom is -0.486 e. The van der Waals surface area contributed by atoms with Crippen molar-refractivity contribution >= 4 is 17.4 Å². The van der Waals surface area contributed by atoms with Crippen LogP contribution in [0.5, 0.6) is 11.5 Å². The molecule has 1 aromatic carbocycles. The van der Waals surface area contributed by atoms with Crippen molar-refractivity contribution in [3.63, 3.8) is 0 Å². The average molecular weight is 342 g/mol. The Bertz CT molecular complexity index is 777. The van der Waals surface area contributed by atoms with E-state index in [9.17, 15) is 4.79 Å². The van der Waals surface area contributed by atoms with Gasteiger partial charge in [0.25, 0.3) is 5.91 Å². The summed E-state index contributed by atoms with van der Waals surface area (Å²) in [5.74, 6) is 1.74. The second-order valence-corrected chi connectivity index (χ2v) is 5.67. The van der Waals surface area contributed by atoms with Crippen molar-refractivity contribution in [3.8, 4) is 11.5 Å². The smallest absolute Gasteiger partial charge is 0.274 e. The van der Waals surface area contributed by atoms with Crippen LogP contribution in [0.2, 0.25) is 0 Å². The fourth-order valence-electron chi connectivity index (χ4n) is 2.75. The van der Waals surface area contributed by atoms with E-state index >= 15 is 0 Å². The number of ether oxygens (including phenoxy) is 3. The maximum atomic E-state index is 12.5. The molecule has 1 N–H and O–H groups in total. The van der Waals surface area contributed by atoms with Crippen LogP contribution in [0, 0.1) is 0 Å². The third-order valence-corrected chi connectivity index (χ3v) is 4.02. The lowest BCUT2D eigenvalue weighted by Crippen LogP contribution is -2.37. The Morgan fingerprint density at radius 2 is 1.80 bits per heavy atom. The van der Waals surface area contributed by atoms with Gasteiger partial charge in [0, 0.05) is 30.9 Å². The molecular weight excluding hydrogens is 324 g/mol. The first-order valence-corrected chi connectivity index (χ1v) is 8.15. The second-order valence-electron chi connectivity index (χ2n) is 5.67. The van der Waals surface area contributed by atoms with Crippen molar-refractivity contribution in [1.82, 2.24) is 9.97 Å². The summed E-state index contributed by atoms with van der Waals surface area (Å²) in [6.45, 7) is 3.84. The molecule has 3 heterocycles. The summed E-state index contributed by atoms with van der Waals surface area (Å²) in [7, 11) is 0. The third-order valence-electron chi connectivity index (χ3n) is 4.02. The van der Waals surface area contributed by atoms with E-state index < -0.39 is 0 Å². The number of anilines is 2. The highest BCUT2D eigenvalue weighted by molar-refractivity contribution is 6.03. The molecule has 1 amide bonds. The average Bonchev–Trinajstić information content (AvgIpc) is 2.69. The number of hydrogen-bond donors (Lipinski definition) is 1. The van der Waals surface area contributed by atoms with Gasteiger partial charge in [-0.1, -0.05) is 0 Å². The number of amides is 1. The quantitative estimate of drug-likeness (QED) is 0.901. The van der Waals surface area contributed by atoms with Crippen LogP contribution in [-0.4, -0.2) is 55.4 Å². The van der Waals surface area contributed by atoms with Gasteiger partial charge < -0.3 is 24.4 Å². The first-order chi connectivity index (χ1) is 12.3. The molecule has 1 fully saturated rings. The number of morpholine rings is 1. The molecule has 130 valence electrons. The molecule has 8 nitrogen and oxygen atoms in total. The predicted molar refractivity (Wildman–Crippen MR) is 90.4 cm³/mol. The van der Waals surface area contributed by atoms with Crippen LogP contribution in [0.4, 0.5) is 11.5 Å². The highest BCUT2D eigenvalue weighted by atomic mass is 16.6. The number of hydrogen-bond acceptors (Lipinski definition) is 7. The van der Waals surface area contributed by atoms with E-state index in [1.54, 1.807) is 24.3 Å². The molecule has 0 atom stereocenters. The fourth-order valence-corrected chi connectivity index (χ4v) is 2.75. The molecule has 8 heteroatoms. The maximum Gasteiger partial charge on any atom is 0.274 e. The molecule has 25 heavy (non-hydrogen) atoms. The van der Waals surface area contributed by atoms with Crippen LogP contribution >= 0.6 is 0 Å². The molecule has 1 saturated heterocycles. The highest BCUT2D eigenvalue weighted by Gasteiger charge is 2.17. The van der Waals surface area contributed by atoms with Gasteiger partial charge in [-0.3, -0.25) is 4.79 Å². The largest absolute Gasteiger partial charge is 0.486 e. The number of benzene rings is 1. The van der Waals surface area contributed by atoms with Gasteiger partial charge in [-0.25, -0.2) is 9.97 Å². The molecule has 2 aromatic rings. The minimum atomic E-state index is -0.298. The Kier molecular flexibility index (Phi) is 4.34. The molecule has 0 saturated carbocycles. The van der Waals surface area contributed by atoms with E-state index in [0.29, 0.717) is 49.3 Å². The topological polar surface area (TPSA) is 85.8 Å². The summed E-state index contributed by atoms with van der Waals surface area (Å²) < 4.78 is 16.3. The highest BCUT2D eigenvalue weighted by Crippen LogP contribution is 2.32. The van der Waals surface area contributed by atoms with Gasteiger partial charge in [0.05, 0.1) is 13.2 Å². The second kappa shape index (κ2) is 6.94. The molecule has 0 radical (unpaired) electrons. The Morgan fingerprint density at radius 3 is 2.64 bits per heavy atom. The van der Waals surface area contributed by atoms with E-state index in [4.69, 9.17) is 14.2 Å². The standard InChI is InChI=1S/C17H18N4O4/c22-17(20-12-1-2-14-15(9-12)25-8-7-24-14)13-10-16(19-11-18-13)21-3-5-23-6-4-21/h1-2,9-11H,3-8H2,(H,20,22). The zero-order valence-electron chi connectivity index (χ0n) is 13.6. The lowest BCUT2D eigenvalue weighted by Gasteiger charge is -2.27. The van der Waals surface area contributed by atoms with Crippen LogP contribution in [0.15, 0.2) is 30.6 Å². The number of fused-ring (bicyclic) bond motifs is 1. The van der Waals surface area contributed by atoms with E-state index in [1.165, 1.54) is 6.33 Å². The minimum absolute atomic E-state index is 0.298. The predicted octanol–water partition coefficient (Wildman–Crippen LogP) is 1.34. The summed E-state index contributed by atoms with van der Waals surface area (Å²) in [6, 6.07) is 6.99. The lowest BCUT2D eigenvalue weighted by molar-refractivity contribution is 0.102. The summed E-state index contributed by atoms with van der Waals surface area (Å²) in [5.41, 5.74) is 0.937. The zero-order chi connectivity index (χ0) is 17.1. The van der Waals surface area contributed by atoms with Crippen LogP contribution in [0.25, 0.3) is 0 Å². The van der Waals surface area contributed by atoms with Gasteiger partial charge in [0.2, 0.25) is 0 Å². The van der Waals surface area contributed by atoms with E-state index in [1.807, 2.05) is 0 Å². The van der Waals surface area contributed by atoms with Gasteiger partial charge in [-0.15, -0.1) is 0 Å². The number of carbonyl (C=O) groups excluding carboxylic acids is 1. The van der Waals surface area contributed by atoms with Crippen molar-refractivity contribution in [2.45, 2.75) is 0 Å². The number of aromatic nitrogens is 2. The van der Waals surface area contributed by atoms with Gasteiger partial charge in [0.15, 0.2) is 11.5 Å². The van der Waals surface area contributed by atoms with Crippen molar-refractivity contribution in [1.29, 1.82) is 0 Å². The van der Waals surface area contributed by atoms with Crippen LogP contribution in [0.3, 0.4) is 0 Å². The molecule has 0 bridgehead atoms. The Morgan fingerprint density at radius 1 is 1.00 bits per heavy atom. The van der Waals surface area contributed by atoms with Gasteiger partial charge in [0.1, 0.15) is 31.1 Å². The summed E-state index contributed by atoms with van der Waals surface area (Å²) in [4.78, 5) is 22.9. The summed E-state index contributed by atoms with van der Waals surface area (Å²) >= 11 is 0. The third kappa shape index (κ3) is 3.48. The molecular formula is C17H18N4O4. The maximum absolute atomic E-state index is 12.5. The van der Waals surface area contributed by atoms with Crippen LogP contribution in [0.1, 0.15) is 10.5 Å². The molecule has 2 aliphatic rings. The Labute approximate surface area is 144 Å². The zero-order valence-corrected chi connectivity index (χ0v) is 13.6. The fraction of sp³-hybridized carbons (Fsp3) is 0.353. The van der Waals surface area contributed by atoms with Crippen molar-refractivity contribution in [2.24, 2.45) is 0 Å². The molecule has 0 unspecified atom stereocenters. The summed E-state index contributed by atoms with van der Waals surface area (Å²) in [5, 5.41) is 2.83. The van der Waals surface area contributed by atoms with E-state index in [0.717, 1.165) is 18.9 Å². The number of rotatable bonds is 3. The summed E-state index contributed by atoms with van der Waals surface area (Å²) in [6.07, 6.45) is 1.41. The van der Waals surface area contributed by atoms with Crippen molar-refractivity contribution < 1.29 is 19.0 Å². The van der Waals surface area contributed by atoms with Gasteiger partial charge >= 0.3 is 0 Å². The first kappa shape index (κ1) is 15.6. The van der Waals surface area contributed by atoms with Crippen LogP contribution < -0.4 is 19.7 Å². The number of carbonyl (C=O) groups is 1. The normalized spacial score (nSPS) is 16.4. The molecule has 0 aliphatic carbocycles. The lowest BCUT2D eigenvalue weighted by atomic mass is 10.2. The van der Waals surface area contributed by atoms with E-state index in [-0.39, 0.29) is 5.91 Å². The Balaban J connectivity index is 1.49. The van der Waals surface area contributed by atoms with Crippen molar-refractivity contribution in [2.75, 3.05) is 49.7 Å². The monoisotopic (exact) mass is 342 g/mol. The molecule has 4 rings (SSSR count). The molecule has 0 spiro atoms. The van der Waals surface area contributed by atoms with Gasteiger partial charge in [-0.05, 0) is 12.1 Å². The van der Waals surface area contributed by atoms with E-state index in [2.05, 4.69) is 20.2 Å². The molecule has 1 aromatic heterocycles.